The van der Waals surface area contributed by atoms with Crippen LogP contribution >= 0.6 is 0 Å². The summed E-state index contributed by atoms with van der Waals surface area (Å²) in [5, 5.41) is 10.3. The summed E-state index contributed by atoms with van der Waals surface area (Å²) in [6.45, 7) is 4.42. The second kappa shape index (κ2) is 6.03. The highest BCUT2D eigenvalue weighted by Gasteiger charge is 2.22. The van der Waals surface area contributed by atoms with E-state index >= 15 is 0 Å². The molecule has 0 heterocycles. The van der Waals surface area contributed by atoms with Crippen LogP contribution < -0.4 is 4.74 Å². The van der Waals surface area contributed by atoms with E-state index in [1.54, 1.807) is 14.2 Å². The predicted molar refractivity (Wildman–Crippen MR) is 68.6 cm³/mol. The minimum atomic E-state index is -0.767. The van der Waals surface area contributed by atoms with Crippen molar-refractivity contribution in [2.75, 3.05) is 20.8 Å². The lowest BCUT2D eigenvalue weighted by atomic mass is 9.92. The largest absolute Gasteiger partial charge is 0.496 e. The van der Waals surface area contributed by atoms with Crippen LogP contribution in [-0.2, 0) is 11.2 Å². The van der Waals surface area contributed by atoms with Crippen molar-refractivity contribution in [2.24, 2.45) is 0 Å². The molecule has 1 aromatic carbocycles. The Hall–Kier alpha value is -1.06. The third-order valence-corrected chi connectivity index (χ3v) is 2.85. The van der Waals surface area contributed by atoms with E-state index < -0.39 is 5.60 Å². The minimum absolute atomic E-state index is 0.557. The number of aryl methyl sites for hydroxylation is 1. The lowest BCUT2D eigenvalue weighted by Gasteiger charge is -2.24. The molecule has 1 rings (SSSR count). The van der Waals surface area contributed by atoms with Crippen molar-refractivity contribution in [1.29, 1.82) is 0 Å². The van der Waals surface area contributed by atoms with E-state index in [2.05, 4.69) is 6.07 Å². The summed E-state index contributed by atoms with van der Waals surface area (Å²) < 4.78 is 10.3. The topological polar surface area (TPSA) is 38.7 Å². The number of hydrogen-bond acceptors (Lipinski definition) is 3. The molecule has 0 aromatic heterocycles. The maximum atomic E-state index is 10.3. The maximum Gasteiger partial charge on any atom is 0.122 e. The van der Waals surface area contributed by atoms with Gasteiger partial charge in [0.1, 0.15) is 5.75 Å². The lowest BCUT2D eigenvalue weighted by Crippen LogP contribution is -2.29. The van der Waals surface area contributed by atoms with Crippen molar-refractivity contribution in [3.63, 3.8) is 0 Å². The van der Waals surface area contributed by atoms with E-state index in [-0.39, 0.29) is 0 Å². The monoisotopic (exact) mass is 238 g/mol. The molecule has 0 fully saturated rings. The molecular formula is C14H22O3. The fraction of sp³-hybridized carbons (Fsp3) is 0.571. The highest BCUT2D eigenvalue weighted by Crippen LogP contribution is 2.25. The number of ether oxygens (including phenoxy) is 2. The van der Waals surface area contributed by atoms with Crippen molar-refractivity contribution in [2.45, 2.75) is 32.3 Å². The molecular weight excluding hydrogens is 216 g/mol. The molecule has 0 saturated carbocycles. The van der Waals surface area contributed by atoms with Gasteiger partial charge in [-0.05, 0) is 31.9 Å². The number of benzene rings is 1. The van der Waals surface area contributed by atoms with Gasteiger partial charge in [-0.3, -0.25) is 0 Å². The number of methoxy groups -OCH3 is 2. The predicted octanol–water partition coefficient (Wildman–Crippen LogP) is 2.33. The SMILES string of the molecule is COCCC(C)(O)Cc1cc(C)ccc1OC. The van der Waals surface area contributed by atoms with Crippen LogP contribution in [-0.4, -0.2) is 31.5 Å². The molecule has 3 heteroatoms. The van der Waals surface area contributed by atoms with Crippen LogP contribution in [0, 0.1) is 6.92 Å². The van der Waals surface area contributed by atoms with Gasteiger partial charge in [0.15, 0.2) is 0 Å². The number of aliphatic hydroxyl groups is 1. The second-order valence-corrected chi connectivity index (χ2v) is 4.73. The molecule has 0 radical (unpaired) electrons. The van der Waals surface area contributed by atoms with Crippen molar-refractivity contribution < 1.29 is 14.6 Å². The van der Waals surface area contributed by atoms with Gasteiger partial charge < -0.3 is 14.6 Å². The van der Waals surface area contributed by atoms with E-state index in [0.717, 1.165) is 11.3 Å². The Morgan fingerprint density at radius 2 is 2.00 bits per heavy atom. The van der Waals surface area contributed by atoms with Crippen LogP contribution in [0.4, 0.5) is 0 Å². The molecule has 1 atom stereocenters. The van der Waals surface area contributed by atoms with Crippen molar-refractivity contribution in [3.8, 4) is 5.75 Å². The smallest absolute Gasteiger partial charge is 0.122 e. The summed E-state index contributed by atoms with van der Waals surface area (Å²) in [5.74, 6) is 0.827. The third-order valence-electron chi connectivity index (χ3n) is 2.85. The molecule has 3 nitrogen and oxygen atoms in total. The number of rotatable bonds is 6. The first-order chi connectivity index (χ1) is 7.98. The normalized spacial score (nSPS) is 14.4. The Morgan fingerprint density at radius 3 is 2.59 bits per heavy atom. The van der Waals surface area contributed by atoms with E-state index in [1.807, 2.05) is 26.0 Å². The highest BCUT2D eigenvalue weighted by atomic mass is 16.5. The van der Waals surface area contributed by atoms with Gasteiger partial charge in [0.25, 0.3) is 0 Å². The summed E-state index contributed by atoms with van der Waals surface area (Å²) >= 11 is 0. The van der Waals surface area contributed by atoms with E-state index in [0.29, 0.717) is 19.4 Å². The van der Waals surface area contributed by atoms with Gasteiger partial charge in [0.2, 0.25) is 0 Å². The molecule has 96 valence electrons. The molecule has 1 N–H and O–H groups in total. The fourth-order valence-corrected chi connectivity index (χ4v) is 1.87. The molecule has 0 aliphatic rings. The standard InChI is InChI=1S/C14H22O3/c1-11-5-6-13(17-4)12(9-11)10-14(2,15)7-8-16-3/h5-6,9,15H,7-8,10H2,1-4H3. The van der Waals surface area contributed by atoms with Gasteiger partial charge in [-0.25, -0.2) is 0 Å². The van der Waals surface area contributed by atoms with Crippen LogP contribution in [0.1, 0.15) is 24.5 Å². The summed E-state index contributed by atoms with van der Waals surface area (Å²) in [4.78, 5) is 0. The highest BCUT2D eigenvalue weighted by molar-refractivity contribution is 5.37. The van der Waals surface area contributed by atoms with Gasteiger partial charge in [0.05, 0.1) is 12.7 Å². The van der Waals surface area contributed by atoms with E-state index in [1.165, 1.54) is 5.56 Å². The quantitative estimate of drug-likeness (QED) is 0.826. The van der Waals surface area contributed by atoms with E-state index in [9.17, 15) is 5.11 Å². The molecule has 17 heavy (non-hydrogen) atoms. The Balaban J connectivity index is 2.82. The maximum absolute atomic E-state index is 10.3. The zero-order valence-corrected chi connectivity index (χ0v) is 11.1. The average Bonchev–Trinajstić information content (AvgIpc) is 2.26. The van der Waals surface area contributed by atoms with Gasteiger partial charge in [-0.1, -0.05) is 17.7 Å². The Labute approximate surface area is 103 Å². The van der Waals surface area contributed by atoms with Crippen LogP contribution in [0.15, 0.2) is 18.2 Å². The average molecular weight is 238 g/mol. The molecule has 0 aliphatic heterocycles. The van der Waals surface area contributed by atoms with Gasteiger partial charge in [-0.2, -0.15) is 0 Å². The zero-order chi connectivity index (χ0) is 12.9. The van der Waals surface area contributed by atoms with Crippen LogP contribution in [0.2, 0.25) is 0 Å². The fourth-order valence-electron chi connectivity index (χ4n) is 1.87. The van der Waals surface area contributed by atoms with Crippen LogP contribution in [0.3, 0.4) is 0 Å². The van der Waals surface area contributed by atoms with Crippen molar-refractivity contribution in [1.82, 2.24) is 0 Å². The van der Waals surface area contributed by atoms with Gasteiger partial charge in [-0.15, -0.1) is 0 Å². The molecule has 0 bridgehead atoms. The molecule has 0 spiro atoms. The van der Waals surface area contributed by atoms with Crippen molar-refractivity contribution >= 4 is 0 Å². The minimum Gasteiger partial charge on any atom is -0.496 e. The van der Waals surface area contributed by atoms with Crippen LogP contribution in [0.25, 0.3) is 0 Å². The molecule has 1 aromatic rings. The number of hydrogen-bond donors (Lipinski definition) is 1. The Kier molecular flexibility index (Phi) is 4.97. The summed E-state index contributed by atoms with van der Waals surface area (Å²) in [5.41, 5.74) is 1.44. The van der Waals surface area contributed by atoms with Gasteiger partial charge in [0, 0.05) is 20.1 Å². The van der Waals surface area contributed by atoms with E-state index in [4.69, 9.17) is 9.47 Å². The van der Waals surface area contributed by atoms with Crippen molar-refractivity contribution in [3.05, 3.63) is 29.3 Å². The third kappa shape index (κ3) is 4.36. The Morgan fingerprint density at radius 1 is 1.29 bits per heavy atom. The summed E-state index contributed by atoms with van der Waals surface area (Å²) in [6.07, 6.45) is 1.18. The van der Waals surface area contributed by atoms with Gasteiger partial charge >= 0.3 is 0 Å². The molecule has 0 amide bonds. The summed E-state index contributed by atoms with van der Waals surface area (Å²) in [7, 11) is 3.29. The lowest BCUT2D eigenvalue weighted by molar-refractivity contribution is 0.0245. The zero-order valence-electron chi connectivity index (χ0n) is 11.1. The first kappa shape index (κ1) is 14.0. The Bertz CT molecular complexity index is 358. The first-order valence-corrected chi connectivity index (χ1v) is 5.83. The second-order valence-electron chi connectivity index (χ2n) is 4.73. The summed E-state index contributed by atoms with van der Waals surface area (Å²) in [6, 6.07) is 6.00. The molecule has 0 saturated heterocycles. The molecule has 1 unspecified atom stereocenters. The van der Waals surface area contributed by atoms with Crippen LogP contribution in [0.5, 0.6) is 5.75 Å². The molecule has 0 aliphatic carbocycles. The first-order valence-electron chi connectivity index (χ1n) is 5.83.